The predicted octanol–water partition coefficient (Wildman–Crippen LogP) is 4.46. The van der Waals surface area contributed by atoms with E-state index in [-0.39, 0.29) is 25.1 Å². The van der Waals surface area contributed by atoms with Gasteiger partial charge < -0.3 is 33.9 Å². The molecule has 1 N–H and O–H groups in total. The van der Waals surface area contributed by atoms with Gasteiger partial charge in [-0.05, 0) is 55.5 Å². The zero-order chi connectivity index (χ0) is 35.9. The Morgan fingerprint density at radius 2 is 1.78 bits per heavy atom. The first-order chi connectivity index (χ1) is 23.8. The Labute approximate surface area is 284 Å². The van der Waals surface area contributed by atoms with Gasteiger partial charge in [0, 0.05) is 50.0 Å². The van der Waals surface area contributed by atoms with Gasteiger partial charge in [0.25, 0.3) is 11.5 Å². The molecule has 3 aliphatic rings. The number of halogens is 5. The molecule has 0 radical (unpaired) electrons. The summed E-state index contributed by atoms with van der Waals surface area (Å²) < 4.78 is 89.0. The van der Waals surface area contributed by atoms with Crippen LogP contribution in [0.5, 0.6) is 5.75 Å². The first-order valence-corrected chi connectivity index (χ1v) is 16.3. The molecule has 1 amide bonds. The van der Waals surface area contributed by atoms with Crippen LogP contribution in [0.4, 0.5) is 33.3 Å². The van der Waals surface area contributed by atoms with Crippen molar-refractivity contribution in [2.24, 2.45) is 7.05 Å². The summed E-state index contributed by atoms with van der Waals surface area (Å²) in [4.78, 5) is 42.8. The molecule has 15 heteroatoms. The monoisotopic (exact) mass is 704 g/mol. The lowest BCUT2D eigenvalue weighted by atomic mass is 9.89. The smallest absolute Gasteiger partial charge is 0.411 e. The highest BCUT2D eigenvalue weighted by Gasteiger charge is 2.46. The van der Waals surface area contributed by atoms with E-state index in [9.17, 15) is 27.6 Å². The largest absolute Gasteiger partial charge is 0.493 e. The number of carbonyl (C=O) groups excluding carboxylic acids is 2. The summed E-state index contributed by atoms with van der Waals surface area (Å²) in [6, 6.07) is 3.23. The Bertz CT molecular complexity index is 1850. The fourth-order valence-electron chi connectivity index (χ4n) is 6.70. The van der Waals surface area contributed by atoms with Crippen LogP contribution in [0.3, 0.4) is 0 Å². The molecule has 1 aromatic heterocycles. The number of pyridine rings is 1. The number of alkyl halides is 3. The third kappa shape index (κ3) is 6.62. The minimum Gasteiger partial charge on any atom is -0.493 e. The second-order valence-electron chi connectivity index (χ2n) is 12.6. The number of amides is 1. The topological polar surface area (TPSA) is 102 Å². The summed E-state index contributed by atoms with van der Waals surface area (Å²) in [6.07, 6.45) is -2.68. The number of nitrogens with one attached hydrogen (secondary N) is 1. The third-order valence-corrected chi connectivity index (χ3v) is 9.60. The summed E-state index contributed by atoms with van der Waals surface area (Å²) in [5.41, 5.74) is 2.36. The summed E-state index contributed by atoms with van der Waals surface area (Å²) >= 11 is 0. The summed E-state index contributed by atoms with van der Waals surface area (Å²) in [6.45, 7) is 2.81. The molecule has 3 aliphatic heterocycles. The molecule has 268 valence electrons. The van der Waals surface area contributed by atoms with Crippen molar-refractivity contribution in [3.8, 4) is 16.9 Å². The molecule has 10 nitrogen and oxygen atoms in total. The van der Waals surface area contributed by atoms with Crippen molar-refractivity contribution in [2.45, 2.75) is 50.9 Å². The zero-order valence-corrected chi connectivity index (χ0v) is 27.8. The van der Waals surface area contributed by atoms with Gasteiger partial charge in [-0.25, -0.2) is 13.6 Å². The SMILES string of the molecule is COC(=O)[C@H](Cc1ccc(-c2c(N3CCC3)cc(C)n(C)c2=O)c2c1CCCO2)NC(=O)c1c(F)cc(N2CCOC[C@@H]2C(F)(F)F)cc1F. The van der Waals surface area contributed by atoms with E-state index in [1.54, 1.807) is 23.7 Å². The van der Waals surface area contributed by atoms with E-state index < -0.39 is 59.6 Å². The van der Waals surface area contributed by atoms with Crippen LogP contribution in [0.25, 0.3) is 11.1 Å². The first-order valence-electron chi connectivity index (χ1n) is 16.3. The Hall–Kier alpha value is -4.66. The molecular formula is C35H37F5N4O6. The molecule has 2 aromatic carbocycles. The maximum absolute atomic E-state index is 15.3. The average Bonchev–Trinajstić information content (AvgIpc) is 3.05. The maximum Gasteiger partial charge on any atom is 0.411 e. The fourth-order valence-corrected chi connectivity index (χ4v) is 6.70. The number of rotatable bonds is 8. The number of nitrogens with zero attached hydrogens (tertiary/aromatic N) is 3. The molecule has 2 atom stereocenters. The third-order valence-electron chi connectivity index (χ3n) is 9.60. The molecule has 0 aliphatic carbocycles. The quantitative estimate of drug-likeness (QED) is 0.271. The van der Waals surface area contributed by atoms with Crippen LogP contribution in [0.1, 0.15) is 40.0 Å². The molecule has 0 unspecified atom stereocenters. The van der Waals surface area contributed by atoms with Gasteiger partial charge in [0.2, 0.25) is 0 Å². The summed E-state index contributed by atoms with van der Waals surface area (Å²) in [7, 11) is 2.80. The van der Waals surface area contributed by atoms with Gasteiger partial charge in [0.1, 0.15) is 35.0 Å². The molecule has 0 saturated carbocycles. The van der Waals surface area contributed by atoms with Crippen LogP contribution < -0.4 is 25.4 Å². The minimum atomic E-state index is -4.73. The average molecular weight is 705 g/mol. The lowest BCUT2D eigenvalue weighted by Gasteiger charge is -2.38. The number of fused-ring (bicyclic) bond motifs is 1. The van der Waals surface area contributed by atoms with Crippen LogP contribution in [0.2, 0.25) is 0 Å². The van der Waals surface area contributed by atoms with E-state index in [4.69, 9.17) is 14.2 Å². The Balaban J connectivity index is 1.31. The summed E-state index contributed by atoms with van der Waals surface area (Å²) in [5, 5.41) is 2.35. The van der Waals surface area contributed by atoms with E-state index in [2.05, 4.69) is 10.2 Å². The number of aromatic nitrogens is 1. The summed E-state index contributed by atoms with van der Waals surface area (Å²) in [5.74, 6) is -4.50. The van der Waals surface area contributed by atoms with Crippen LogP contribution in [-0.2, 0) is 34.2 Å². The van der Waals surface area contributed by atoms with Gasteiger partial charge in [0.05, 0.1) is 38.2 Å². The van der Waals surface area contributed by atoms with E-state index in [1.807, 2.05) is 13.0 Å². The fraction of sp³-hybridized carbons (Fsp3) is 0.457. The molecule has 50 heavy (non-hydrogen) atoms. The van der Waals surface area contributed by atoms with E-state index >= 15 is 8.78 Å². The molecule has 0 bridgehead atoms. The van der Waals surface area contributed by atoms with Crippen molar-refractivity contribution in [2.75, 3.05) is 56.4 Å². The van der Waals surface area contributed by atoms with Gasteiger partial charge in [-0.15, -0.1) is 0 Å². The highest BCUT2D eigenvalue weighted by atomic mass is 19.4. The van der Waals surface area contributed by atoms with Gasteiger partial charge in [0.15, 0.2) is 0 Å². The van der Waals surface area contributed by atoms with Crippen LogP contribution in [-0.4, -0.2) is 81.3 Å². The number of ether oxygens (including phenoxy) is 3. The van der Waals surface area contributed by atoms with Gasteiger partial charge in [-0.2, -0.15) is 13.2 Å². The number of aryl methyl sites for hydroxylation is 1. The maximum atomic E-state index is 15.3. The molecule has 2 fully saturated rings. The lowest BCUT2D eigenvalue weighted by molar-refractivity contribution is -0.167. The number of morpholine rings is 1. The normalized spacial score (nSPS) is 18.1. The van der Waals surface area contributed by atoms with Gasteiger partial charge >= 0.3 is 12.1 Å². The Kier molecular flexibility index (Phi) is 9.80. The second-order valence-corrected chi connectivity index (χ2v) is 12.6. The highest BCUT2D eigenvalue weighted by Crippen LogP contribution is 2.42. The van der Waals surface area contributed by atoms with Crippen LogP contribution in [0.15, 0.2) is 35.1 Å². The van der Waals surface area contributed by atoms with Crippen molar-refractivity contribution in [1.29, 1.82) is 0 Å². The number of anilines is 2. The second kappa shape index (κ2) is 13.9. The van der Waals surface area contributed by atoms with Crippen molar-refractivity contribution >= 4 is 23.3 Å². The lowest BCUT2D eigenvalue weighted by Crippen LogP contribution is -2.53. The number of esters is 1. The standard InChI is InChI=1S/C35H37F5N4O6/c1-19-14-27(43-9-5-10-43)29(33(46)42(19)2)23-8-7-20(22-6-4-12-50-31(22)23)15-26(34(47)48-3)41-32(45)30-24(36)16-21(17-25(30)37)44-11-13-49-18-28(44)35(38,39)40/h7-8,14,16-17,26,28H,4-6,9-13,15,18H2,1-3H3,(H,41,45)/t26-,28+/m0/s1. The molecular weight excluding hydrogens is 667 g/mol. The van der Waals surface area contributed by atoms with Crippen molar-refractivity contribution < 1.29 is 45.8 Å². The van der Waals surface area contributed by atoms with Gasteiger partial charge in [-0.1, -0.05) is 12.1 Å². The molecule has 3 aromatic rings. The minimum absolute atomic E-state index is 0.0874. The number of hydrogen-bond donors (Lipinski definition) is 1. The molecule has 4 heterocycles. The van der Waals surface area contributed by atoms with Crippen molar-refractivity contribution in [3.63, 3.8) is 0 Å². The first kappa shape index (κ1) is 35.2. The van der Waals surface area contributed by atoms with Crippen molar-refractivity contribution in [1.82, 2.24) is 9.88 Å². The van der Waals surface area contributed by atoms with Crippen LogP contribution in [0, 0.1) is 18.6 Å². The van der Waals surface area contributed by atoms with E-state index in [0.717, 1.165) is 48.5 Å². The van der Waals surface area contributed by atoms with Crippen LogP contribution >= 0.6 is 0 Å². The Morgan fingerprint density at radius 3 is 2.42 bits per heavy atom. The molecule has 0 spiro atoms. The molecule has 2 saturated heterocycles. The Morgan fingerprint density at radius 1 is 1.06 bits per heavy atom. The molecule has 6 rings (SSSR count). The van der Waals surface area contributed by atoms with Gasteiger partial charge in [-0.3, -0.25) is 9.59 Å². The number of hydrogen-bond acceptors (Lipinski definition) is 8. The zero-order valence-electron chi connectivity index (χ0n) is 27.8. The number of benzene rings is 2. The number of carbonyl (C=O) groups is 2. The predicted molar refractivity (Wildman–Crippen MR) is 174 cm³/mol. The van der Waals surface area contributed by atoms with E-state index in [1.165, 1.54) is 0 Å². The van der Waals surface area contributed by atoms with E-state index in [0.29, 0.717) is 54.0 Å². The highest BCUT2D eigenvalue weighted by molar-refractivity contribution is 5.97. The van der Waals surface area contributed by atoms with Crippen molar-refractivity contribution in [3.05, 3.63) is 74.7 Å². The number of methoxy groups -OCH3 is 1.